The van der Waals surface area contributed by atoms with E-state index in [-0.39, 0.29) is 0 Å². The van der Waals surface area contributed by atoms with Gasteiger partial charge in [0.1, 0.15) is 17.3 Å². The average molecular weight is 283 g/mol. The van der Waals surface area contributed by atoms with Crippen molar-refractivity contribution in [3.8, 4) is 0 Å². The topological polar surface area (TPSA) is 44.4 Å². The Morgan fingerprint density at radius 2 is 1.90 bits per heavy atom. The first-order chi connectivity index (χ1) is 9.56. The summed E-state index contributed by atoms with van der Waals surface area (Å²) in [4.78, 5) is 13.9. The zero-order valence-corrected chi connectivity index (χ0v) is 11.5. The molecule has 2 N–H and O–H groups in total. The van der Waals surface area contributed by atoms with E-state index in [1.54, 1.807) is 0 Å². The summed E-state index contributed by atoms with van der Waals surface area (Å²) in [5.74, 6) is -1.14. The number of para-hydroxylation sites is 1. The van der Waals surface area contributed by atoms with E-state index in [2.05, 4.69) is 22.6 Å². The zero-order valence-electron chi connectivity index (χ0n) is 11.5. The summed E-state index contributed by atoms with van der Waals surface area (Å²) in [6.45, 7) is 2.54. The van der Waals surface area contributed by atoms with Gasteiger partial charge >= 0.3 is 6.03 Å². The monoisotopic (exact) mass is 283 g/mol. The molecule has 1 aliphatic rings. The minimum absolute atomic E-state index is 0.409. The van der Waals surface area contributed by atoms with Crippen molar-refractivity contribution >= 4 is 11.7 Å². The van der Waals surface area contributed by atoms with Crippen LogP contribution in [-0.4, -0.2) is 37.6 Å². The number of anilines is 1. The van der Waals surface area contributed by atoms with Crippen LogP contribution in [0.25, 0.3) is 0 Å². The second kappa shape index (κ2) is 6.65. The molecule has 1 heterocycles. The van der Waals surface area contributed by atoms with Gasteiger partial charge in [-0.25, -0.2) is 13.6 Å². The highest BCUT2D eigenvalue weighted by molar-refractivity contribution is 5.89. The van der Waals surface area contributed by atoms with E-state index in [9.17, 15) is 13.6 Å². The number of hydrogen-bond acceptors (Lipinski definition) is 2. The molecule has 0 radical (unpaired) electrons. The van der Waals surface area contributed by atoms with Gasteiger partial charge in [0.2, 0.25) is 0 Å². The standard InChI is InChI=1S/C14H19F2N3O/c1-19-7-5-10(6-8-19)9-17-14(20)18-13-11(15)3-2-4-12(13)16/h2-4,10H,5-9H2,1H3,(H2,17,18,20). The maximum atomic E-state index is 13.4. The van der Waals surface area contributed by atoms with Gasteiger partial charge in [-0.3, -0.25) is 0 Å². The number of rotatable bonds is 3. The van der Waals surface area contributed by atoms with Crippen molar-refractivity contribution in [3.05, 3.63) is 29.8 Å². The first kappa shape index (κ1) is 14.7. The zero-order chi connectivity index (χ0) is 14.5. The molecule has 0 spiro atoms. The number of carbonyl (C=O) groups excluding carboxylic acids is 1. The third kappa shape index (κ3) is 3.90. The van der Waals surface area contributed by atoms with Crippen molar-refractivity contribution in [3.63, 3.8) is 0 Å². The molecule has 110 valence electrons. The highest BCUT2D eigenvalue weighted by Gasteiger charge is 2.18. The summed E-state index contributed by atoms with van der Waals surface area (Å²) < 4.78 is 26.7. The van der Waals surface area contributed by atoms with Gasteiger partial charge < -0.3 is 15.5 Å². The van der Waals surface area contributed by atoms with Crippen molar-refractivity contribution in [2.75, 3.05) is 32.0 Å². The normalized spacial score (nSPS) is 16.9. The summed E-state index contributed by atoms with van der Waals surface area (Å²) >= 11 is 0. The molecule has 20 heavy (non-hydrogen) atoms. The number of piperidine rings is 1. The molecule has 1 aromatic carbocycles. The van der Waals surface area contributed by atoms with Crippen LogP contribution in [0.2, 0.25) is 0 Å². The third-order valence-corrected chi connectivity index (χ3v) is 3.59. The smallest absolute Gasteiger partial charge is 0.319 e. The van der Waals surface area contributed by atoms with Crippen molar-refractivity contribution in [1.29, 1.82) is 0 Å². The predicted molar refractivity (Wildman–Crippen MR) is 73.6 cm³/mol. The summed E-state index contributed by atoms with van der Waals surface area (Å²) in [6, 6.07) is 2.89. The molecule has 6 heteroatoms. The first-order valence-corrected chi connectivity index (χ1v) is 6.73. The van der Waals surface area contributed by atoms with Gasteiger partial charge in [-0.1, -0.05) is 6.07 Å². The lowest BCUT2D eigenvalue weighted by Gasteiger charge is -2.28. The first-order valence-electron chi connectivity index (χ1n) is 6.73. The van der Waals surface area contributed by atoms with E-state index >= 15 is 0 Å². The number of likely N-dealkylation sites (tertiary alicyclic amines) is 1. The minimum atomic E-state index is -0.778. The molecule has 0 bridgehead atoms. The fourth-order valence-electron chi connectivity index (χ4n) is 2.28. The number of urea groups is 1. The number of carbonyl (C=O) groups is 1. The van der Waals surface area contributed by atoms with Gasteiger partial charge in [-0.2, -0.15) is 0 Å². The Morgan fingerprint density at radius 3 is 2.50 bits per heavy atom. The Kier molecular flexibility index (Phi) is 4.89. The lowest BCUT2D eigenvalue weighted by Crippen LogP contribution is -2.38. The SMILES string of the molecule is CN1CCC(CNC(=O)Nc2c(F)cccc2F)CC1. The van der Waals surface area contributed by atoms with Gasteiger partial charge in [0, 0.05) is 6.54 Å². The second-order valence-corrected chi connectivity index (χ2v) is 5.18. The van der Waals surface area contributed by atoms with Crippen LogP contribution in [0.5, 0.6) is 0 Å². The van der Waals surface area contributed by atoms with E-state index in [1.165, 1.54) is 6.07 Å². The molecule has 4 nitrogen and oxygen atoms in total. The molecular weight excluding hydrogens is 264 g/mol. The third-order valence-electron chi connectivity index (χ3n) is 3.59. The van der Waals surface area contributed by atoms with Crippen molar-refractivity contribution in [2.45, 2.75) is 12.8 Å². The van der Waals surface area contributed by atoms with Crippen molar-refractivity contribution in [2.24, 2.45) is 5.92 Å². The van der Waals surface area contributed by atoms with Gasteiger partial charge in [0.05, 0.1) is 0 Å². The summed E-state index contributed by atoms with van der Waals surface area (Å²) in [5.41, 5.74) is -0.409. The predicted octanol–water partition coefficient (Wildman–Crippen LogP) is 2.43. The van der Waals surface area contributed by atoms with Gasteiger partial charge in [0.15, 0.2) is 0 Å². The van der Waals surface area contributed by atoms with E-state index in [4.69, 9.17) is 0 Å². The molecule has 1 aromatic rings. The largest absolute Gasteiger partial charge is 0.338 e. The lowest BCUT2D eigenvalue weighted by molar-refractivity contribution is 0.213. The number of benzene rings is 1. The number of hydrogen-bond donors (Lipinski definition) is 2. The number of amides is 2. The van der Waals surface area contributed by atoms with Crippen LogP contribution in [0.1, 0.15) is 12.8 Å². The van der Waals surface area contributed by atoms with Gasteiger partial charge in [0.25, 0.3) is 0 Å². The van der Waals surface area contributed by atoms with Crippen LogP contribution < -0.4 is 10.6 Å². The summed E-state index contributed by atoms with van der Waals surface area (Å²) in [5, 5.41) is 4.88. The van der Waals surface area contributed by atoms with Crippen molar-refractivity contribution < 1.29 is 13.6 Å². The summed E-state index contributed by atoms with van der Waals surface area (Å²) in [6.07, 6.45) is 2.04. The Balaban J connectivity index is 1.81. The molecule has 2 amide bonds. The van der Waals surface area contributed by atoms with Crippen LogP contribution in [-0.2, 0) is 0 Å². The highest BCUT2D eigenvalue weighted by Crippen LogP contribution is 2.18. The quantitative estimate of drug-likeness (QED) is 0.895. The molecule has 2 rings (SSSR count). The molecule has 0 unspecified atom stereocenters. The Morgan fingerprint density at radius 1 is 1.30 bits per heavy atom. The van der Waals surface area contributed by atoms with E-state index in [0.29, 0.717) is 12.5 Å². The highest BCUT2D eigenvalue weighted by atomic mass is 19.1. The molecule has 1 fully saturated rings. The number of nitrogens with zero attached hydrogens (tertiary/aromatic N) is 1. The lowest BCUT2D eigenvalue weighted by atomic mass is 9.97. The fourth-order valence-corrected chi connectivity index (χ4v) is 2.28. The minimum Gasteiger partial charge on any atom is -0.338 e. The average Bonchev–Trinajstić information content (AvgIpc) is 2.42. The Bertz CT molecular complexity index is 453. The Labute approximate surface area is 117 Å². The summed E-state index contributed by atoms with van der Waals surface area (Å²) in [7, 11) is 2.07. The second-order valence-electron chi connectivity index (χ2n) is 5.18. The molecule has 0 aromatic heterocycles. The number of nitrogens with one attached hydrogen (secondary N) is 2. The van der Waals surface area contributed by atoms with Crippen LogP contribution in [0.15, 0.2) is 18.2 Å². The van der Waals surface area contributed by atoms with Crippen molar-refractivity contribution in [1.82, 2.24) is 10.2 Å². The van der Waals surface area contributed by atoms with E-state index in [0.717, 1.165) is 38.1 Å². The fraction of sp³-hybridized carbons (Fsp3) is 0.500. The van der Waals surface area contributed by atoms with Crippen LogP contribution in [0.4, 0.5) is 19.3 Å². The van der Waals surface area contributed by atoms with E-state index in [1.807, 2.05) is 0 Å². The van der Waals surface area contributed by atoms with Crippen LogP contribution in [0, 0.1) is 17.6 Å². The Hall–Kier alpha value is -1.69. The van der Waals surface area contributed by atoms with Gasteiger partial charge in [-0.05, 0) is 51.0 Å². The maximum Gasteiger partial charge on any atom is 0.319 e. The molecule has 0 saturated carbocycles. The number of halogens is 2. The molecule has 0 aliphatic carbocycles. The molecular formula is C14H19F2N3O. The molecule has 0 atom stereocenters. The maximum absolute atomic E-state index is 13.4. The molecule has 1 aliphatic heterocycles. The van der Waals surface area contributed by atoms with Crippen LogP contribution >= 0.6 is 0 Å². The van der Waals surface area contributed by atoms with Gasteiger partial charge in [-0.15, -0.1) is 0 Å². The molecule has 1 saturated heterocycles. The van der Waals surface area contributed by atoms with E-state index < -0.39 is 23.4 Å². The van der Waals surface area contributed by atoms with Crippen LogP contribution in [0.3, 0.4) is 0 Å².